The lowest BCUT2D eigenvalue weighted by Crippen LogP contribution is -1.90. The van der Waals surface area contributed by atoms with Gasteiger partial charge < -0.3 is 4.52 Å². The van der Waals surface area contributed by atoms with Gasteiger partial charge >= 0.3 is 7.82 Å². The number of hydrogen-bond donors (Lipinski definition) is 2. The monoisotopic (exact) mass is 178 g/mol. The number of phosphoric ester groups is 1. The van der Waals surface area contributed by atoms with Crippen molar-refractivity contribution in [3.05, 3.63) is 24.0 Å². The van der Waals surface area contributed by atoms with E-state index in [0.717, 1.165) is 0 Å². The molecule has 0 fully saturated rings. The molecule has 0 aromatic heterocycles. The van der Waals surface area contributed by atoms with Gasteiger partial charge in [-0.1, -0.05) is 6.58 Å². The molecule has 5 heteroatoms. The van der Waals surface area contributed by atoms with E-state index in [1.165, 1.54) is 6.08 Å². The molecule has 0 rings (SSSR count). The summed E-state index contributed by atoms with van der Waals surface area (Å²) in [5, 5.41) is 0. The molecule has 0 bridgehead atoms. The largest absolute Gasteiger partial charge is 0.524 e. The summed E-state index contributed by atoms with van der Waals surface area (Å²) in [6.45, 7) is 6.69. The summed E-state index contributed by atoms with van der Waals surface area (Å²) in [7, 11) is -4.42. The highest BCUT2D eigenvalue weighted by atomic mass is 31.2. The molecular formula is C6H11O4P. The minimum absolute atomic E-state index is 0.123. The van der Waals surface area contributed by atoms with E-state index >= 15 is 0 Å². The molecule has 0 aromatic carbocycles. The van der Waals surface area contributed by atoms with Crippen LogP contribution in [0.3, 0.4) is 0 Å². The molecule has 4 nitrogen and oxygen atoms in total. The van der Waals surface area contributed by atoms with Gasteiger partial charge in [0, 0.05) is 0 Å². The molecule has 0 unspecified atom stereocenters. The lowest BCUT2D eigenvalue weighted by molar-refractivity contribution is 0.245. The summed E-state index contributed by atoms with van der Waals surface area (Å²) in [6, 6.07) is 0. The Balaban J connectivity index is 4.37. The number of allylic oxidation sites excluding steroid dienone is 2. The van der Waals surface area contributed by atoms with Crippen LogP contribution in [0.4, 0.5) is 0 Å². The van der Waals surface area contributed by atoms with E-state index < -0.39 is 7.82 Å². The zero-order chi connectivity index (χ0) is 9.07. The van der Waals surface area contributed by atoms with E-state index in [1.54, 1.807) is 13.8 Å². The fourth-order valence-corrected chi connectivity index (χ4v) is 1.02. The number of hydrogen-bond acceptors (Lipinski definition) is 2. The molecule has 11 heavy (non-hydrogen) atoms. The van der Waals surface area contributed by atoms with E-state index in [1.807, 2.05) is 0 Å². The normalized spacial score (nSPS) is 12.9. The second kappa shape index (κ2) is 3.72. The van der Waals surface area contributed by atoms with Gasteiger partial charge in [-0.05, 0) is 25.5 Å². The summed E-state index contributed by atoms with van der Waals surface area (Å²) in [4.78, 5) is 16.8. The van der Waals surface area contributed by atoms with E-state index in [-0.39, 0.29) is 5.76 Å². The van der Waals surface area contributed by atoms with Gasteiger partial charge in [-0.15, -0.1) is 0 Å². The second-order valence-corrected chi connectivity index (χ2v) is 3.18. The SMILES string of the molecule is C=C(C)C(=CC)OP(=O)(O)O. The van der Waals surface area contributed by atoms with Crippen LogP contribution in [0.15, 0.2) is 24.0 Å². The number of rotatable bonds is 3. The molecule has 0 spiro atoms. The summed E-state index contributed by atoms with van der Waals surface area (Å²) in [6.07, 6.45) is 1.45. The molecular weight excluding hydrogens is 167 g/mol. The van der Waals surface area contributed by atoms with Gasteiger partial charge in [0.15, 0.2) is 0 Å². The molecule has 2 N–H and O–H groups in total. The maximum Gasteiger partial charge on any atom is 0.524 e. The summed E-state index contributed by atoms with van der Waals surface area (Å²) < 4.78 is 14.6. The molecule has 0 atom stereocenters. The number of phosphoric acid groups is 1. The third-order valence-electron chi connectivity index (χ3n) is 0.900. The maximum absolute atomic E-state index is 10.3. The third-order valence-corrected chi connectivity index (χ3v) is 1.33. The topological polar surface area (TPSA) is 66.8 Å². The molecule has 0 heterocycles. The summed E-state index contributed by atoms with van der Waals surface area (Å²) in [5.41, 5.74) is 0.482. The molecule has 0 aliphatic carbocycles. The zero-order valence-corrected chi connectivity index (χ0v) is 7.34. The highest BCUT2D eigenvalue weighted by Crippen LogP contribution is 2.40. The average Bonchev–Trinajstić information content (AvgIpc) is 1.80. The fourth-order valence-electron chi connectivity index (χ4n) is 0.505. The van der Waals surface area contributed by atoms with Crippen LogP contribution < -0.4 is 0 Å². The van der Waals surface area contributed by atoms with Gasteiger partial charge in [0.25, 0.3) is 0 Å². The van der Waals surface area contributed by atoms with Crippen molar-refractivity contribution in [1.82, 2.24) is 0 Å². The molecule has 0 aliphatic rings. The Morgan fingerprint density at radius 1 is 1.64 bits per heavy atom. The van der Waals surface area contributed by atoms with Gasteiger partial charge in [-0.25, -0.2) is 4.57 Å². The molecule has 64 valence electrons. The third kappa shape index (κ3) is 4.79. The van der Waals surface area contributed by atoms with Crippen LogP contribution in [0.1, 0.15) is 13.8 Å². The Morgan fingerprint density at radius 3 is 2.18 bits per heavy atom. The van der Waals surface area contributed by atoms with Crippen molar-refractivity contribution in [2.24, 2.45) is 0 Å². The highest BCUT2D eigenvalue weighted by Gasteiger charge is 2.17. The minimum Gasteiger partial charge on any atom is -0.404 e. The maximum atomic E-state index is 10.3. The van der Waals surface area contributed by atoms with Gasteiger partial charge in [-0.3, -0.25) is 9.79 Å². The second-order valence-electron chi connectivity index (χ2n) is 2.02. The van der Waals surface area contributed by atoms with Crippen LogP contribution in [-0.4, -0.2) is 9.79 Å². The first-order valence-corrected chi connectivity index (χ1v) is 4.47. The summed E-state index contributed by atoms with van der Waals surface area (Å²) in [5.74, 6) is 0.123. The van der Waals surface area contributed by atoms with Gasteiger partial charge in [0.2, 0.25) is 0 Å². The van der Waals surface area contributed by atoms with Crippen LogP contribution in [0.2, 0.25) is 0 Å². The smallest absolute Gasteiger partial charge is 0.404 e. The molecule has 0 aromatic rings. The first-order chi connectivity index (χ1) is 4.87. The predicted octanol–water partition coefficient (Wildman–Crippen LogP) is 1.58. The van der Waals surface area contributed by atoms with Crippen LogP contribution in [-0.2, 0) is 9.09 Å². The standard InChI is InChI=1S/C6H11O4P/c1-4-6(5(2)3)10-11(7,8)9/h4H,2H2,1,3H3,(H2,7,8,9). The van der Waals surface area contributed by atoms with E-state index in [4.69, 9.17) is 9.79 Å². The minimum atomic E-state index is -4.42. The lowest BCUT2D eigenvalue weighted by Gasteiger charge is -2.09. The van der Waals surface area contributed by atoms with Crippen molar-refractivity contribution in [3.63, 3.8) is 0 Å². The lowest BCUT2D eigenvalue weighted by atomic mass is 10.3. The first kappa shape index (κ1) is 10.4. The van der Waals surface area contributed by atoms with E-state index in [9.17, 15) is 4.57 Å². The van der Waals surface area contributed by atoms with Crippen molar-refractivity contribution in [2.45, 2.75) is 13.8 Å². The van der Waals surface area contributed by atoms with Crippen molar-refractivity contribution < 1.29 is 18.9 Å². The summed E-state index contributed by atoms with van der Waals surface area (Å²) >= 11 is 0. The van der Waals surface area contributed by atoms with Gasteiger partial charge in [0.05, 0.1) is 0 Å². The molecule has 0 aliphatic heterocycles. The predicted molar refractivity (Wildman–Crippen MR) is 41.7 cm³/mol. The Hall–Kier alpha value is -0.570. The van der Waals surface area contributed by atoms with Crippen molar-refractivity contribution in [2.75, 3.05) is 0 Å². The molecule has 0 saturated heterocycles. The van der Waals surface area contributed by atoms with Crippen LogP contribution in [0, 0.1) is 0 Å². The van der Waals surface area contributed by atoms with Crippen molar-refractivity contribution in [3.8, 4) is 0 Å². The van der Waals surface area contributed by atoms with Gasteiger partial charge in [0.1, 0.15) is 5.76 Å². The Bertz CT molecular complexity index is 225. The fraction of sp³-hybridized carbons (Fsp3) is 0.333. The molecule has 0 saturated carbocycles. The van der Waals surface area contributed by atoms with Crippen LogP contribution in [0.5, 0.6) is 0 Å². The van der Waals surface area contributed by atoms with Crippen LogP contribution in [0.25, 0.3) is 0 Å². The first-order valence-electron chi connectivity index (χ1n) is 2.94. The van der Waals surface area contributed by atoms with Gasteiger partial charge in [-0.2, -0.15) is 0 Å². The Morgan fingerprint density at radius 2 is 2.09 bits per heavy atom. The Labute approximate surface area is 65.4 Å². The van der Waals surface area contributed by atoms with Crippen molar-refractivity contribution >= 4 is 7.82 Å². The zero-order valence-electron chi connectivity index (χ0n) is 6.44. The van der Waals surface area contributed by atoms with Crippen LogP contribution >= 0.6 is 7.82 Å². The average molecular weight is 178 g/mol. The highest BCUT2D eigenvalue weighted by molar-refractivity contribution is 7.46. The molecule has 0 amide bonds. The van der Waals surface area contributed by atoms with E-state index in [0.29, 0.717) is 5.57 Å². The molecule has 0 radical (unpaired) electrons. The Kier molecular flexibility index (Phi) is 3.52. The quantitative estimate of drug-likeness (QED) is 0.391. The van der Waals surface area contributed by atoms with E-state index in [2.05, 4.69) is 11.1 Å². The van der Waals surface area contributed by atoms with Crippen molar-refractivity contribution in [1.29, 1.82) is 0 Å².